The number of fused-ring (bicyclic) bond motifs is 3. The third-order valence-electron chi connectivity index (χ3n) is 9.51. The smallest absolute Gasteiger partial charge is 0.192 e. The van der Waals surface area contributed by atoms with E-state index in [0.717, 1.165) is 0 Å². The van der Waals surface area contributed by atoms with Crippen LogP contribution in [0.4, 0.5) is 4.39 Å². The molecule has 0 bridgehead atoms. The van der Waals surface area contributed by atoms with Crippen molar-refractivity contribution in [3.63, 3.8) is 0 Å². The van der Waals surface area contributed by atoms with Gasteiger partial charge in [-0.3, -0.25) is 19.2 Å². The van der Waals surface area contributed by atoms with E-state index in [2.05, 4.69) is 11.8 Å². The molecule has 7 heteroatoms. The average Bonchev–Trinajstić information content (AvgIpc) is 2.86. The van der Waals surface area contributed by atoms with E-state index in [0.29, 0.717) is 22.3 Å². The lowest BCUT2D eigenvalue weighted by Crippen LogP contribution is -2.73. The molecule has 1 fully saturated rings. The Morgan fingerprint density at radius 3 is 2.27 bits per heavy atom. The Bertz CT molecular complexity index is 1650. The molecule has 2 unspecified atom stereocenters. The summed E-state index contributed by atoms with van der Waals surface area (Å²) in [6.07, 6.45) is 0.260. The Kier molecular flexibility index (Phi) is 6.51. The number of aromatic hydroxyl groups is 1. The molecule has 1 saturated carbocycles. The maximum absolute atomic E-state index is 14.4. The second-order valence-electron chi connectivity index (χ2n) is 12.6. The summed E-state index contributed by atoms with van der Waals surface area (Å²) in [6, 6.07) is 8.92. The first-order valence-corrected chi connectivity index (χ1v) is 13.8. The zero-order chi connectivity index (χ0) is 30.2. The van der Waals surface area contributed by atoms with E-state index in [-0.39, 0.29) is 35.6 Å². The summed E-state index contributed by atoms with van der Waals surface area (Å²) >= 11 is 0. The summed E-state index contributed by atoms with van der Waals surface area (Å²) in [5.41, 5.74) is -2.85. The second-order valence-corrected chi connectivity index (χ2v) is 12.6. The molecule has 3 aliphatic carbocycles. The molecule has 41 heavy (non-hydrogen) atoms. The number of phenolic OH excluding ortho intramolecular Hbond substituents is 1. The molecule has 5 rings (SSSR count). The lowest BCUT2D eigenvalue weighted by molar-refractivity contribution is -0.183. The van der Waals surface area contributed by atoms with E-state index < -0.39 is 57.2 Å². The summed E-state index contributed by atoms with van der Waals surface area (Å²) in [5.74, 6) is -0.988. The SMILES string of the molecule is CC(=O)C1C(=O)[C@@]2(O)C(=O)C3C(=O)c4c(O)ccc(C#Cc5ccccc5F)c4C[C@@]3(C)C[C@@]2(C)C(C(C)C)=C1C. The van der Waals surface area contributed by atoms with E-state index in [1.165, 1.54) is 25.1 Å². The van der Waals surface area contributed by atoms with Crippen LogP contribution in [0.1, 0.15) is 75.0 Å². The quantitative estimate of drug-likeness (QED) is 0.314. The lowest BCUT2D eigenvalue weighted by Gasteiger charge is -2.60. The van der Waals surface area contributed by atoms with Crippen molar-refractivity contribution in [2.45, 2.75) is 60.0 Å². The molecule has 0 aliphatic heterocycles. The predicted octanol–water partition coefficient (Wildman–Crippen LogP) is 4.76. The highest BCUT2D eigenvalue weighted by Gasteiger charge is 2.73. The number of ketones is 4. The first-order chi connectivity index (χ1) is 19.1. The highest BCUT2D eigenvalue weighted by Crippen LogP contribution is 2.64. The number of carbonyl (C=O) groups is 4. The van der Waals surface area contributed by atoms with Gasteiger partial charge in [0.05, 0.1) is 17.0 Å². The molecular weight excluding hydrogens is 523 g/mol. The maximum Gasteiger partial charge on any atom is 0.192 e. The Labute approximate surface area is 238 Å². The summed E-state index contributed by atoms with van der Waals surface area (Å²) in [4.78, 5) is 55.0. The highest BCUT2D eigenvalue weighted by atomic mass is 19.1. The van der Waals surface area contributed by atoms with Gasteiger partial charge in [0.15, 0.2) is 23.0 Å². The minimum absolute atomic E-state index is 0.0875. The van der Waals surface area contributed by atoms with Crippen molar-refractivity contribution in [1.29, 1.82) is 0 Å². The van der Waals surface area contributed by atoms with E-state index in [1.54, 1.807) is 39.0 Å². The molecule has 2 aromatic rings. The van der Waals surface area contributed by atoms with Crippen LogP contribution in [-0.2, 0) is 20.8 Å². The van der Waals surface area contributed by atoms with Crippen LogP contribution in [0.2, 0.25) is 0 Å². The molecular formula is C34H33FO6. The molecule has 0 spiro atoms. The van der Waals surface area contributed by atoms with Gasteiger partial charge < -0.3 is 10.2 Å². The molecule has 5 atom stereocenters. The predicted molar refractivity (Wildman–Crippen MR) is 150 cm³/mol. The molecule has 2 aromatic carbocycles. The molecule has 0 amide bonds. The van der Waals surface area contributed by atoms with Crippen LogP contribution in [0.5, 0.6) is 5.75 Å². The Hall–Kier alpha value is -3.89. The Balaban J connectivity index is 1.72. The van der Waals surface area contributed by atoms with Crippen molar-refractivity contribution < 1.29 is 33.8 Å². The number of allylic oxidation sites excluding steroid dienone is 1. The van der Waals surface area contributed by atoms with Gasteiger partial charge in [0.25, 0.3) is 0 Å². The number of hydrogen-bond donors (Lipinski definition) is 2. The molecule has 6 nitrogen and oxygen atoms in total. The first-order valence-electron chi connectivity index (χ1n) is 13.8. The van der Waals surface area contributed by atoms with E-state index in [9.17, 15) is 33.8 Å². The number of aliphatic hydroxyl groups is 1. The average molecular weight is 557 g/mol. The Morgan fingerprint density at radius 1 is 1.02 bits per heavy atom. The number of carbonyl (C=O) groups excluding carboxylic acids is 4. The van der Waals surface area contributed by atoms with E-state index >= 15 is 0 Å². The van der Waals surface area contributed by atoms with Gasteiger partial charge in [-0.2, -0.15) is 0 Å². The zero-order valence-electron chi connectivity index (χ0n) is 24.0. The fraction of sp³-hybridized carbons (Fsp3) is 0.412. The largest absolute Gasteiger partial charge is 0.507 e. The maximum atomic E-state index is 14.4. The number of benzene rings is 2. The van der Waals surface area contributed by atoms with Gasteiger partial charge in [-0.1, -0.05) is 62.8 Å². The lowest BCUT2D eigenvalue weighted by atomic mass is 9.41. The van der Waals surface area contributed by atoms with Crippen LogP contribution < -0.4 is 0 Å². The standard InChI is InChI=1S/C34H33FO6/c1-17(2)27-18(3)25(19(4)36)30(39)34(41)31(40)28-29(38)26-22(15-32(28,5)16-33(27,34)6)20(13-14-24(26)37)11-12-21-9-7-8-10-23(21)35/h7-10,13-14,17,25,28,37,41H,15-16H2,1-6H3/t25?,28?,32-,33-,34+/m0/s1. The number of rotatable bonds is 2. The van der Waals surface area contributed by atoms with Crippen molar-refractivity contribution in [1.82, 2.24) is 0 Å². The number of Topliss-reactive ketones (excluding diaryl/α,β-unsaturated/α-hetero) is 4. The van der Waals surface area contributed by atoms with E-state index in [4.69, 9.17) is 0 Å². The van der Waals surface area contributed by atoms with Crippen LogP contribution in [-0.4, -0.2) is 38.9 Å². The summed E-state index contributed by atoms with van der Waals surface area (Å²) < 4.78 is 14.3. The normalized spacial score (nSPS) is 30.8. The van der Waals surface area contributed by atoms with Crippen molar-refractivity contribution in [2.75, 3.05) is 0 Å². The Morgan fingerprint density at radius 2 is 1.66 bits per heavy atom. The number of halogens is 1. The molecule has 0 aromatic heterocycles. The highest BCUT2D eigenvalue weighted by molar-refractivity contribution is 6.27. The van der Waals surface area contributed by atoms with Crippen LogP contribution >= 0.6 is 0 Å². The van der Waals surface area contributed by atoms with Crippen LogP contribution in [0, 0.1) is 46.2 Å². The van der Waals surface area contributed by atoms with Gasteiger partial charge in [0, 0.05) is 11.0 Å². The molecule has 212 valence electrons. The van der Waals surface area contributed by atoms with Crippen molar-refractivity contribution >= 4 is 23.1 Å². The molecule has 0 saturated heterocycles. The zero-order valence-corrected chi connectivity index (χ0v) is 24.0. The van der Waals surface area contributed by atoms with Gasteiger partial charge in [0.1, 0.15) is 23.3 Å². The van der Waals surface area contributed by atoms with Gasteiger partial charge >= 0.3 is 0 Å². The number of hydrogen-bond acceptors (Lipinski definition) is 6. The monoisotopic (exact) mass is 556 g/mol. The molecule has 0 radical (unpaired) electrons. The van der Waals surface area contributed by atoms with Crippen LogP contribution in [0.25, 0.3) is 0 Å². The van der Waals surface area contributed by atoms with Gasteiger partial charge in [-0.15, -0.1) is 0 Å². The fourth-order valence-electron chi connectivity index (χ4n) is 8.15. The van der Waals surface area contributed by atoms with Crippen molar-refractivity contribution in [3.05, 3.63) is 75.6 Å². The second kappa shape index (κ2) is 9.32. The third-order valence-corrected chi connectivity index (χ3v) is 9.51. The summed E-state index contributed by atoms with van der Waals surface area (Å²) in [5, 5.41) is 22.9. The van der Waals surface area contributed by atoms with Gasteiger partial charge in [-0.25, -0.2) is 4.39 Å². The van der Waals surface area contributed by atoms with Crippen LogP contribution in [0.15, 0.2) is 47.5 Å². The summed E-state index contributed by atoms with van der Waals surface area (Å²) in [7, 11) is 0. The third kappa shape index (κ3) is 3.80. The fourth-order valence-corrected chi connectivity index (χ4v) is 8.15. The summed E-state index contributed by atoms with van der Waals surface area (Å²) in [6.45, 7) is 10.2. The molecule has 0 heterocycles. The van der Waals surface area contributed by atoms with Crippen molar-refractivity contribution in [3.8, 4) is 17.6 Å². The van der Waals surface area contributed by atoms with Crippen molar-refractivity contribution in [2.24, 2.45) is 28.6 Å². The minimum Gasteiger partial charge on any atom is -0.507 e. The minimum atomic E-state index is -2.59. The topological polar surface area (TPSA) is 109 Å². The molecule has 3 aliphatic rings. The van der Waals surface area contributed by atoms with Gasteiger partial charge in [-0.05, 0) is 67.9 Å². The van der Waals surface area contributed by atoms with Gasteiger partial charge in [0.2, 0.25) is 0 Å². The molecule has 2 N–H and O–H groups in total. The number of phenols is 1. The van der Waals surface area contributed by atoms with Crippen LogP contribution in [0.3, 0.4) is 0 Å². The first kappa shape index (κ1) is 28.6. The van der Waals surface area contributed by atoms with E-state index in [1.807, 2.05) is 13.8 Å².